The van der Waals surface area contributed by atoms with Crippen LogP contribution in [-0.2, 0) is 16.1 Å². The Balaban J connectivity index is 1.51. The van der Waals surface area contributed by atoms with Crippen molar-refractivity contribution in [1.82, 2.24) is 15.5 Å². The van der Waals surface area contributed by atoms with Gasteiger partial charge in [0.05, 0.1) is 0 Å². The molecule has 2 N–H and O–H groups in total. The largest absolute Gasteiger partial charge is 0.460 e. The van der Waals surface area contributed by atoms with E-state index in [1.807, 2.05) is 30.3 Å². The van der Waals surface area contributed by atoms with Crippen molar-refractivity contribution in [2.75, 3.05) is 20.1 Å². The van der Waals surface area contributed by atoms with Gasteiger partial charge in [0.1, 0.15) is 12.6 Å². The first-order chi connectivity index (χ1) is 11.2. The van der Waals surface area contributed by atoms with Crippen molar-refractivity contribution in [3.8, 4) is 0 Å². The summed E-state index contributed by atoms with van der Waals surface area (Å²) < 4.78 is 5.42. The fraction of sp³-hybridized carbons (Fsp3) is 0.529. The van der Waals surface area contributed by atoms with Gasteiger partial charge in [-0.05, 0) is 24.3 Å². The Morgan fingerprint density at radius 3 is 2.87 bits per heavy atom. The number of hydrogen-bond acceptors (Lipinski definition) is 4. The normalized spacial score (nSPS) is 26.5. The number of ether oxygens (including phenoxy) is 1. The van der Waals surface area contributed by atoms with E-state index in [0.29, 0.717) is 19.1 Å². The predicted molar refractivity (Wildman–Crippen MR) is 85.7 cm³/mol. The van der Waals surface area contributed by atoms with Gasteiger partial charge in [0, 0.05) is 26.2 Å². The Bertz CT molecular complexity index is 563. The topological polar surface area (TPSA) is 70.7 Å². The molecule has 6 heteroatoms. The highest BCUT2D eigenvalue weighted by atomic mass is 16.5. The molecule has 0 aliphatic carbocycles. The molecule has 0 bridgehead atoms. The van der Waals surface area contributed by atoms with E-state index >= 15 is 0 Å². The second-order valence-electron chi connectivity index (χ2n) is 6.20. The minimum atomic E-state index is -0.265. The van der Waals surface area contributed by atoms with E-state index in [4.69, 9.17) is 4.74 Å². The summed E-state index contributed by atoms with van der Waals surface area (Å²) in [6, 6.07) is 9.53. The minimum Gasteiger partial charge on any atom is -0.460 e. The Kier molecular flexibility index (Phi) is 4.81. The predicted octanol–water partition coefficient (Wildman–Crippen LogP) is 1.12. The fourth-order valence-corrected chi connectivity index (χ4v) is 3.44. The third-order valence-electron chi connectivity index (χ3n) is 4.72. The minimum absolute atomic E-state index is 0.0552. The number of urea groups is 1. The summed E-state index contributed by atoms with van der Waals surface area (Å²) in [4.78, 5) is 25.8. The monoisotopic (exact) mass is 317 g/mol. The summed E-state index contributed by atoms with van der Waals surface area (Å²) in [7, 11) is 1.64. The van der Waals surface area contributed by atoms with Gasteiger partial charge in [0.25, 0.3) is 0 Å². The molecular weight excluding hydrogens is 294 g/mol. The number of carbonyl (C=O) groups excluding carboxylic acids is 2. The van der Waals surface area contributed by atoms with E-state index in [9.17, 15) is 9.59 Å². The molecule has 2 aliphatic heterocycles. The van der Waals surface area contributed by atoms with Crippen LogP contribution in [0.1, 0.15) is 18.4 Å². The van der Waals surface area contributed by atoms with Gasteiger partial charge in [0.15, 0.2) is 0 Å². The maximum absolute atomic E-state index is 12.3. The number of fused-ring (bicyclic) bond motifs is 1. The van der Waals surface area contributed by atoms with E-state index in [1.54, 1.807) is 11.9 Å². The number of rotatable bonds is 3. The lowest BCUT2D eigenvalue weighted by Crippen LogP contribution is -2.52. The van der Waals surface area contributed by atoms with Crippen LogP contribution in [0.5, 0.6) is 0 Å². The third kappa shape index (κ3) is 3.64. The first kappa shape index (κ1) is 15.8. The number of nitrogens with one attached hydrogen (secondary N) is 2. The molecule has 1 aromatic carbocycles. The summed E-state index contributed by atoms with van der Waals surface area (Å²) in [5, 5.41) is 6.00. The van der Waals surface area contributed by atoms with Crippen LogP contribution in [0.4, 0.5) is 4.79 Å². The average molecular weight is 317 g/mol. The number of amides is 2. The summed E-state index contributed by atoms with van der Waals surface area (Å²) >= 11 is 0. The molecule has 6 nitrogen and oxygen atoms in total. The SMILES string of the molecule is CNC(=O)N1CC[C@H]2C[C@H](C(=O)OCc3ccccc3)N[C@H]2C1. The van der Waals surface area contributed by atoms with Gasteiger partial charge in [-0.3, -0.25) is 10.1 Å². The van der Waals surface area contributed by atoms with Crippen molar-refractivity contribution >= 4 is 12.0 Å². The maximum Gasteiger partial charge on any atom is 0.323 e. The molecule has 1 aromatic rings. The maximum atomic E-state index is 12.3. The zero-order valence-corrected chi connectivity index (χ0v) is 13.3. The quantitative estimate of drug-likeness (QED) is 0.820. The van der Waals surface area contributed by atoms with Gasteiger partial charge in [-0.25, -0.2) is 4.79 Å². The van der Waals surface area contributed by atoms with Crippen LogP contribution in [-0.4, -0.2) is 49.1 Å². The molecule has 2 fully saturated rings. The smallest absolute Gasteiger partial charge is 0.323 e. The highest BCUT2D eigenvalue weighted by Crippen LogP contribution is 2.29. The molecule has 2 heterocycles. The Hall–Kier alpha value is -2.08. The van der Waals surface area contributed by atoms with Gasteiger partial charge in [-0.15, -0.1) is 0 Å². The summed E-state index contributed by atoms with van der Waals surface area (Å²) in [5.74, 6) is 0.236. The summed E-state index contributed by atoms with van der Waals surface area (Å²) in [6.45, 7) is 1.69. The highest BCUT2D eigenvalue weighted by molar-refractivity contribution is 5.77. The van der Waals surface area contributed by atoms with Crippen molar-refractivity contribution in [2.45, 2.75) is 31.5 Å². The molecular formula is C17H23N3O3. The number of nitrogens with zero attached hydrogens (tertiary/aromatic N) is 1. The zero-order valence-electron chi connectivity index (χ0n) is 13.3. The van der Waals surface area contributed by atoms with Gasteiger partial charge >= 0.3 is 12.0 Å². The number of likely N-dealkylation sites (tertiary alicyclic amines) is 1. The number of carbonyl (C=O) groups is 2. The van der Waals surface area contributed by atoms with Gasteiger partial charge < -0.3 is 15.0 Å². The number of esters is 1. The molecule has 0 spiro atoms. The van der Waals surface area contributed by atoms with E-state index in [0.717, 1.165) is 24.9 Å². The van der Waals surface area contributed by atoms with Gasteiger partial charge in [-0.2, -0.15) is 0 Å². The lowest BCUT2D eigenvalue weighted by molar-refractivity contribution is -0.147. The molecule has 2 aliphatic rings. The number of hydrogen-bond donors (Lipinski definition) is 2. The van der Waals surface area contributed by atoms with Crippen LogP contribution in [0.2, 0.25) is 0 Å². The molecule has 0 aromatic heterocycles. The molecule has 23 heavy (non-hydrogen) atoms. The Morgan fingerprint density at radius 2 is 2.13 bits per heavy atom. The Morgan fingerprint density at radius 1 is 1.35 bits per heavy atom. The molecule has 0 unspecified atom stereocenters. The van der Waals surface area contributed by atoms with Crippen molar-refractivity contribution in [1.29, 1.82) is 0 Å². The number of benzene rings is 1. The second kappa shape index (κ2) is 7.00. The molecule has 3 atom stereocenters. The molecule has 2 amide bonds. The van der Waals surface area contributed by atoms with Crippen LogP contribution in [0.25, 0.3) is 0 Å². The average Bonchev–Trinajstić information content (AvgIpc) is 3.03. The molecule has 0 radical (unpaired) electrons. The van der Waals surface area contributed by atoms with Gasteiger partial charge in [0.2, 0.25) is 0 Å². The van der Waals surface area contributed by atoms with Crippen LogP contribution >= 0.6 is 0 Å². The molecule has 124 valence electrons. The van der Waals surface area contributed by atoms with Crippen LogP contribution < -0.4 is 10.6 Å². The standard InChI is InChI=1S/C17H23N3O3/c1-18-17(22)20-8-7-13-9-14(19-15(13)10-20)16(21)23-11-12-5-3-2-4-6-12/h2-6,13-15,19H,7-11H2,1H3,(H,18,22)/t13-,14+,15-/m0/s1. The summed E-state index contributed by atoms with van der Waals surface area (Å²) in [5.41, 5.74) is 0.988. The van der Waals surface area contributed by atoms with Crippen molar-refractivity contribution in [3.05, 3.63) is 35.9 Å². The first-order valence-corrected chi connectivity index (χ1v) is 8.10. The first-order valence-electron chi connectivity index (χ1n) is 8.10. The summed E-state index contributed by atoms with van der Waals surface area (Å²) in [6.07, 6.45) is 1.72. The van der Waals surface area contributed by atoms with Crippen molar-refractivity contribution in [3.63, 3.8) is 0 Å². The van der Waals surface area contributed by atoms with Crippen LogP contribution in [0.15, 0.2) is 30.3 Å². The fourth-order valence-electron chi connectivity index (χ4n) is 3.44. The van der Waals surface area contributed by atoms with E-state index in [1.165, 1.54) is 0 Å². The van der Waals surface area contributed by atoms with Crippen LogP contribution in [0, 0.1) is 5.92 Å². The van der Waals surface area contributed by atoms with Crippen molar-refractivity contribution in [2.24, 2.45) is 5.92 Å². The molecule has 2 saturated heterocycles. The van der Waals surface area contributed by atoms with E-state index in [2.05, 4.69) is 10.6 Å². The van der Waals surface area contributed by atoms with E-state index in [-0.39, 0.29) is 24.1 Å². The molecule has 0 saturated carbocycles. The van der Waals surface area contributed by atoms with Gasteiger partial charge in [-0.1, -0.05) is 30.3 Å². The van der Waals surface area contributed by atoms with E-state index < -0.39 is 0 Å². The molecule has 3 rings (SSSR count). The Labute approximate surface area is 136 Å². The lowest BCUT2D eigenvalue weighted by atomic mass is 9.91. The zero-order chi connectivity index (χ0) is 16.2. The highest BCUT2D eigenvalue weighted by Gasteiger charge is 2.41. The van der Waals surface area contributed by atoms with Crippen LogP contribution in [0.3, 0.4) is 0 Å². The van der Waals surface area contributed by atoms with Crippen molar-refractivity contribution < 1.29 is 14.3 Å². The number of piperidine rings is 1. The second-order valence-corrected chi connectivity index (χ2v) is 6.20. The lowest BCUT2D eigenvalue weighted by Gasteiger charge is -2.34. The third-order valence-corrected chi connectivity index (χ3v) is 4.72.